The molecule has 4 rings (SSSR count). The molecule has 0 aliphatic rings. The van der Waals surface area contributed by atoms with Crippen LogP contribution in [0.5, 0.6) is 0 Å². The molecule has 0 atom stereocenters. The molecule has 9 heteroatoms. The number of pyridine rings is 2. The second kappa shape index (κ2) is 8.46. The predicted octanol–water partition coefficient (Wildman–Crippen LogP) is 3.80. The quantitative estimate of drug-likeness (QED) is 0.281. The van der Waals surface area contributed by atoms with Crippen LogP contribution in [0.3, 0.4) is 0 Å². The summed E-state index contributed by atoms with van der Waals surface area (Å²) in [6, 6.07) is 15.0. The maximum Gasteiger partial charge on any atom is 0.304 e. The lowest BCUT2D eigenvalue weighted by Gasteiger charge is -2.15. The number of ether oxygens (including phenoxy) is 1. The van der Waals surface area contributed by atoms with Crippen LogP contribution in [-0.2, 0) is 9.53 Å². The highest BCUT2D eigenvalue weighted by Crippen LogP contribution is 2.35. The topological polar surface area (TPSA) is 152 Å². The van der Waals surface area contributed by atoms with Crippen molar-refractivity contribution in [2.45, 2.75) is 6.92 Å². The first-order valence-electron chi connectivity index (χ1n) is 9.82. The minimum atomic E-state index is -1.12. The fraction of sp³-hybridized carbons (Fsp3) is 0.0417. The van der Waals surface area contributed by atoms with E-state index in [9.17, 15) is 9.18 Å². The van der Waals surface area contributed by atoms with E-state index in [2.05, 4.69) is 9.97 Å². The lowest BCUT2D eigenvalue weighted by molar-refractivity contribution is -0.113. The maximum absolute atomic E-state index is 13.5. The van der Waals surface area contributed by atoms with E-state index in [1.54, 1.807) is 24.4 Å². The fourth-order valence-corrected chi connectivity index (χ4v) is 3.42. The molecule has 8 nitrogen and oxygen atoms in total. The van der Waals surface area contributed by atoms with Crippen LogP contribution in [0.15, 0.2) is 60.8 Å². The zero-order chi connectivity index (χ0) is 23.7. The molecule has 0 bridgehead atoms. The largest absolute Gasteiger partial charge is 0.416 e. The lowest BCUT2D eigenvalue weighted by Crippen LogP contribution is -2.27. The molecule has 0 unspecified atom stereocenters. The molecule has 0 saturated carbocycles. The normalized spacial score (nSPS) is 10.7. The Kier molecular flexibility index (Phi) is 5.53. The molecule has 164 valence electrons. The SMILES string of the molecule is Cc1ccnc2ccc(-c3cc(C(=N)OC(=N)C(N)=O)c(N)nc3-c3ccc(F)cc3)cc12. The van der Waals surface area contributed by atoms with Gasteiger partial charge in [-0.15, -0.1) is 0 Å². The van der Waals surface area contributed by atoms with E-state index < -0.39 is 23.5 Å². The van der Waals surface area contributed by atoms with Gasteiger partial charge in [-0.25, -0.2) is 9.37 Å². The van der Waals surface area contributed by atoms with Crippen molar-refractivity contribution in [3.63, 3.8) is 0 Å². The van der Waals surface area contributed by atoms with Crippen LogP contribution in [0.4, 0.5) is 10.2 Å². The Balaban J connectivity index is 1.93. The van der Waals surface area contributed by atoms with Gasteiger partial charge in [0, 0.05) is 22.7 Å². The van der Waals surface area contributed by atoms with Crippen LogP contribution in [-0.4, -0.2) is 27.7 Å². The highest BCUT2D eigenvalue weighted by Gasteiger charge is 2.20. The molecule has 2 aromatic heterocycles. The zero-order valence-electron chi connectivity index (χ0n) is 17.5. The van der Waals surface area contributed by atoms with Crippen LogP contribution in [0, 0.1) is 23.6 Å². The van der Waals surface area contributed by atoms with Gasteiger partial charge in [-0.1, -0.05) is 6.07 Å². The van der Waals surface area contributed by atoms with Crippen LogP contribution >= 0.6 is 0 Å². The summed E-state index contributed by atoms with van der Waals surface area (Å²) < 4.78 is 18.5. The van der Waals surface area contributed by atoms with E-state index >= 15 is 0 Å². The number of rotatable bonds is 3. The number of hydrogen-bond donors (Lipinski definition) is 4. The van der Waals surface area contributed by atoms with Crippen molar-refractivity contribution in [2.24, 2.45) is 5.73 Å². The van der Waals surface area contributed by atoms with E-state index in [0.717, 1.165) is 22.0 Å². The first-order valence-corrected chi connectivity index (χ1v) is 9.82. The van der Waals surface area contributed by atoms with E-state index in [4.69, 9.17) is 27.0 Å². The van der Waals surface area contributed by atoms with E-state index in [1.807, 2.05) is 31.2 Å². The number of amides is 1. The minimum absolute atomic E-state index is 0.0565. The average Bonchev–Trinajstić information content (AvgIpc) is 2.79. The number of nitrogen functional groups attached to an aromatic ring is 1. The number of anilines is 1. The number of hydrogen-bond acceptors (Lipinski definition) is 7. The van der Waals surface area contributed by atoms with Gasteiger partial charge >= 0.3 is 5.91 Å². The average molecular weight is 442 g/mol. The number of aromatic nitrogens is 2. The molecule has 2 aromatic carbocycles. The molecule has 4 aromatic rings. The zero-order valence-corrected chi connectivity index (χ0v) is 17.5. The van der Waals surface area contributed by atoms with E-state index in [1.165, 1.54) is 12.1 Å². The standard InChI is InChI=1S/C24H19FN6O2/c1-12-8-9-30-19-7-4-14(10-16(12)19)17-11-18(23(28)33-24(29)22(27)32)21(26)31-20(17)13-2-5-15(25)6-3-13/h2-11,28-29H,1H3,(H2,26,31)(H2,27,32). The first kappa shape index (κ1) is 21.6. The molecule has 33 heavy (non-hydrogen) atoms. The Labute approximate surface area is 188 Å². The van der Waals surface area contributed by atoms with Gasteiger partial charge in [0.2, 0.25) is 5.90 Å². The number of fused-ring (bicyclic) bond motifs is 1. The fourth-order valence-electron chi connectivity index (χ4n) is 3.42. The number of carbonyl (C=O) groups excluding carboxylic acids is 1. The summed E-state index contributed by atoms with van der Waals surface area (Å²) in [5.74, 6) is -3.01. The van der Waals surface area contributed by atoms with Gasteiger partial charge in [-0.3, -0.25) is 20.6 Å². The second-order valence-corrected chi connectivity index (χ2v) is 7.31. The highest BCUT2D eigenvalue weighted by molar-refractivity contribution is 6.35. The summed E-state index contributed by atoms with van der Waals surface area (Å²) in [5, 5.41) is 16.6. The molecular formula is C24H19FN6O2. The summed E-state index contributed by atoms with van der Waals surface area (Å²) in [7, 11) is 0. The Hall–Kier alpha value is -4.66. The number of nitrogens with two attached hydrogens (primary N) is 2. The number of primary amides is 1. The lowest BCUT2D eigenvalue weighted by atomic mass is 9.95. The molecule has 0 radical (unpaired) electrons. The molecular weight excluding hydrogens is 423 g/mol. The summed E-state index contributed by atoms with van der Waals surface area (Å²) >= 11 is 0. The minimum Gasteiger partial charge on any atom is -0.416 e. The molecule has 0 aliphatic heterocycles. The van der Waals surface area contributed by atoms with Gasteiger partial charge in [0.1, 0.15) is 11.6 Å². The van der Waals surface area contributed by atoms with Crippen LogP contribution < -0.4 is 11.5 Å². The molecule has 0 aliphatic carbocycles. The number of benzene rings is 2. The van der Waals surface area contributed by atoms with Crippen molar-refractivity contribution in [1.82, 2.24) is 9.97 Å². The van der Waals surface area contributed by atoms with Crippen LogP contribution in [0.25, 0.3) is 33.3 Å². The van der Waals surface area contributed by atoms with Crippen molar-refractivity contribution in [2.75, 3.05) is 5.73 Å². The van der Waals surface area contributed by atoms with Crippen LogP contribution in [0.2, 0.25) is 0 Å². The first-order chi connectivity index (χ1) is 15.7. The molecule has 1 amide bonds. The van der Waals surface area contributed by atoms with Gasteiger partial charge in [0.05, 0.1) is 16.8 Å². The third kappa shape index (κ3) is 4.24. The van der Waals surface area contributed by atoms with Gasteiger partial charge in [-0.2, -0.15) is 0 Å². The highest BCUT2D eigenvalue weighted by atomic mass is 19.1. The number of nitrogens with one attached hydrogen (secondary N) is 2. The van der Waals surface area contributed by atoms with E-state index in [-0.39, 0.29) is 11.4 Å². The van der Waals surface area contributed by atoms with Crippen molar-refractivity contribution < 1.29 is 13.9 Å². The van der Waals surface area contributed by atoms with Gasteiger partial charge < -0.3 is 16.2 Å². The van der Waals surface area contributed by atoms with E-state index in [0.29, 0.717) is 16.8 Å². The van der Waals surface area contributed by atoms with Crippen molar-refractivity contribution in [3.05, 3.63) is 77.7 Å². The Morgan fingerprint density at radius 2 is 1.73 bits per heavy atom. The van der Waals surface area contributed by atoms with Crippen molar-refractivity contribution >= 4 is 34.4 Å². The third-order valence-corrected chi connectivity index (χ3v) is 5.11. The Morgan fingerprint density at radius 3 is 2.42 bits per heavy atom. The summed E-state index contributed by atoms with van der Waals surface area (Å²) in [5.41, 5.74) is 15.5. The van der Waals surface area contributed by atoms with Crippen molar-refractivity contribution in [3.8, 4) is 22.4 Å². The summed E-state index contributed by atoms with van der Waals surface area (Å²) in [6.07, 6.45) is 1.73. The maximum atomic E-state index is 13.5. The van der Waals surface area contributed by atoms with Gasteiger partial charge in [0.25, 0.3) is 5.90 Å². The van der Waals surface area contributed by atoms with Crippen molar-refractivity contribution in [1.29, 1.82) is 10.8 Å². The number of carbonyl (C=O) groups is 1. The molecule has 6 N–H and O–H groups in total. The summed E-state index contributed by atoms with van der Waals surface area (Å²) in [4.78, 5) is 20.0. The third-order valence-electron chi connectivity index (χ3n) is 5.11. The smallest absolute Gasteiger partial charge is 0.304 e. The number of halogens is 1. The molecule has 2 heterocycles. The second-order valence-electron chi connectivity index (χ2n) is 7.31. The van der Waals surface area contributed by atoms with Gasteiger partial charge in [0.15, 0.2) is 0 Å². The molecule has 0 spiro atoms. The Bertz CT molecular complexity index is 1430. The Morgan fingerprint density at radius 1 is 1.03 bits per heavy atom. The molecule has 0 saturated heterocycles. The predicted molar refractivity (Wildman–Crippen MR) is 124 cm³/mol. The summed E-state index contributed by atoms with van der Waals surface area (Å²) in [6.45, 7) is 1.97. The molecule has 0 fully saturated rings. The van der Waals surface area contributed by atoms with Crippen LogP contribution in [0.1, 0.15) is 11.1 Å². The number of nitrogens with zero attached hydrogens (tertiary/aromatic N) is 2. The number of aryl methyl sites for hydroxylation is 1. The van der Waals surface area contributed by atoms with Gasteiger partial charge in [-0.05, 0) is 66.6 Å². The monoisotopic (exact) mass is 442 g/mol.